The Hall–Kier alpha value is -2.89. The number of non-ortho nitro benzene ring substituents is 1. The number of aromatic amines is 1. The zero-order chi connectivity index (χ0) is 19.1. The summed E-state index contributed by atoms with van der Waals surface area (Å²) in [5.74, 6) is 0. The van der Waals surface area contributed by atoms with E-state index in [1.807, 2.05) is 35.9 Å². The molecule has 2 aromatic heterocycles. The normalized spacial score (nSPS) is 11.6. The molecule has 4 rings (SSSR count). The van der Waals surface area contributed by atoms with E-state index < -0.39 is 10.2 Å². The number of halogens is 1. The highest BCUT2D eigenvalue weighted by Gasteiger charge is 2.19. The number of nitrogens with one attached hydrogen (secondary N) is 1. The number of H-pyrrole nitrogens is 1. The Kier molecular flexibility index (Phi) is 4.44. The fourth-order valence-electron chi connectivity index (χ4n) is 2.70. The lowest BCUT2D eigenvalue weighted by Gasteiger charge is -2.17. The van der Waals surface area contributed by atoms with Crippen LogP contribution >= 0.6 is 0 Å². The van der Waals surface area contributed by atoms with Gasteiger partial charge in [-0.15, -0.1) is 10.2 Å². The molecule has 0 fully saturated rings. The number of hydrogen-bond donors (Lipinski definition) is 1. The van der Waals surface area contributed by atoms with Crippen LogP contribution in [0.2, 0.25) is 0 Å². The fourth-order valence-corrected chi connectivity index (χ4v) is 2.70. The van der Waals surface area contributed by atoms with Crippen LogP contribution in [0.25, 0.3) is 33.1 Å². The minimum Gasteiger partial charge on any atom is -0.258 e. The molecule has 26 heavy (non-hydrogen) atoms. The van der Waals surface area contributed by atoms with E-state index in [4.69, 9.17) is 18.6 Å². The minimum absolute atomic E-state index is 0.0704. The molecule has 1 N–H and O–H groups in total. The van der Waals surface area contributed by atoms with E-state index in [1.54, 1.807) is 12.1 Å². The largest absolute Gasteiger partial charge is 0.306 e. The predicted octanol–water partition coefficient (Wildman–Crippen LogP) is -2.15. The molecular formula is C15H11ClN4O6. The zero-order valence-electron chi connectivity index (χ0n) is 13.2. The Balaban J connectivity index is 0.000000349. The highest BCUT2D eigenvalue weighted by atomic mass is 35.7. The summed E-state index contributed by atoms with van der Waals surface area (Å²) in [5, 5.41) is 11.7. The lowest BCUT2D eigenvalue weighted by atomic mass is 10.2. The molecule has 0 spiro atoms. The maximum Gasteiger partial charge on any atom is 0.306 e. The molecule has 0 atom stereocenters. The number of aromatic nitrogens is 3. The number of aryl methyl sites for hydroxylation is 1. The Morgan fingerprint density at radius 3 is 2.42 bits per heavy atom. The predicted molar refractivity (Wildman–Crippen MR) is 78.9 cm³/mol. The smallest absolute Gasteiger partial charge is 0.258 e. The molecule has 0 bridgehead atoms. The SMILES string of the molecule is C[n+]1c2ccccc2nc2c3cc([N+](=O)[O-])ccc3[nH]c21.[O-][Cl+3]([O-])([O-])[O-]. The highest BCUT2D eigenvalue weighted by molar-refractivity contribution is 6.04. The summed E-state index contributed by atoms with van der Waals surface area (Å²) in [6.07, 6.45) is 0. The first-order valence-corrected chi connectivity index (χ1v) is 8.35. The third kappa shape index (κ3) is 3.54. The van der Waals surface area contributed by atoms with Gasteiger partial charge in [-0.3, -0.25) is 10.1 Å². The molecule has 0 saturated heterocycles. The number of nitrogens with zero attached hydrogens (tertiary/aromatic N) is 3. The van der Waals surface area contributed by atoms with Crippen LogP contribution in [0.1, 0.15) is 0 Å². The van der Waals surface area contributed by atoms with Crippen LogP contribution in [0.5, 0.6) is 0 Å². The summed E-state index contributed by atoms with van der Waals surface area (Å²) in [6.45, 7) is 0. The fraction of sp³-hybridized carbons (Fsp3) is 0.0667. The first kappa shape index (κ1) is 17.9. The van der Waals surface area contributed by atoms with Crippen LogP contribution in [-0.2, 0) is 7.05 Å². The Morgan fingerprint density at radius 1 is 1.12 bits per heavy atom. The van der Waals surface area contributed by atoms with Gasteiger partial charge in [-0.1, -0.05) is 12.1 Å². The summed E-state index contributed by atoms with van der Waals surface area (Å²) < 4.78 is 36.0. The third-order valence-electron chi connectivity index (χ3n) is 3.76. The van der Waals surface area contributed by atoms with Crippen molar-refractivity contribution < 1.29 is 38.4 Å². The second kappa shape index (κ2) is 6.44. The highest BCUT2D eigenvalue weighted by Crippen LogP contribution is 2.27. The van der Waals surface area contributed by atoms with Crippen LogP contribution in [0, 0.1) is 20.4 Å². The van der Waals surface area contributed by atoms with Crippen LogP contribution in [0.3, 0.4) is 0 Å². The van der Waals surface area contributed by atoms with Gasteiger partial charge in [0.1, 0.15) is 11.0 Å². The number of rotatable bonds is 1. The number of nitro benzene ring substituents is 1. The Morgan fingerprint density at radius 2 is 1.77 bits per heavy atom. The average Bonchev–Trinajstić information content (AvgIpc) is 2.92. The van der Waals surface area contributed by atoms with Crippen molar-refractivity contribution in [1.82, 2.24) is 9.97 Å². The Labute approximate surface area is 147 Å². The molecule has 2 heterocycles. The van der Waals surface area contributed by atoms with Gasteiger partial charge in [-0.05, 0) is 18.2 Å². The van der Waals surface area contributed by atoms with Gasteiger partial charge in [0, 0.05) is 12.1 Å². The number of fused-ring (bicyclic) bond motifs is 4. The second-order valence-electron chi connectivity index (χ2n) is 5.35. The van der Waals surface area contributed by atoms with E-state index >= 15 is 0 Å². The average molecular weight is 379 g/mol. The zero-order valence-corrected chi connectivity index (χ0v) is 14.0. The maximum atomic E-state index is 11.0. The van der Waals surface area contributed by atoms with Gasteiger partial charge in [0.15, 0.2) is 11.0 Å². The van der Waals surface area contributed by atoms with E-state index in [-0.39, 0.29) is 10.6 Å². The van der Waals surface area contributed by atoms with Crippen LogP contribution in [-0.4, -0.2) is 14.9 Å². The number of benzene rings is 2. The summed E-state index contributed by atoms with van der Waals surface area (Å²) >= 11 is 0. The molecule has 0 unspecified atom stereocenters. The van der Waals surface area contributed by atoms with Crippen LogP contribution in [0.4, 0.5) is 5.69 Å². The van der Waals surface area contributed by atoms with Crippen molar-refractivity contribution in [2.24, 2.45) is 7.05 Å². The summed E-state index contributed by atoms with van der Waals surface area (Å²) in [7, 11) is -2.99. The second-order valence-corrected chi connectivity index (χ2v) is 6.10. The lowest BCUT2D eigenvalue weighted by molar-refractivity contribution is -2.00. The van der Waals surface area contributed by atoms with E-state index in [2.05, 4.69) is 9.97 Å². The van der Waals surface area contributed by atoms with E-state index in [1.165, 1.54) is 6.07 Å². The summed E-state index contributed by atoms with van der Waals surface area (Å²) in [6, 6.07) is 12.6. The van der Waals surface area contributed by atoms with Crippen molar-refractivity contribution >= 4 is 38.8 Å². The molecule has 4 aromatic rings. The number of para-hydroxylation sites is 2. The Bertz CT molecular complexity index is 1130. The monoisotopic (exact) mass is 378 g/mol. The van der Waals surface area contributed by atoms with Gasteiger partial charge in [0.25, 0.3) is 5.69 Å². The lowest BCUT2D eigenvalue weighted by Crippen LogP contribution is -2.68. The van der Waals surface area contributed by atoms with Crippen molar-refractivity contribution in [3.8, 4) is 0 Å². The van der Waals surface area contributed by atoms with Crippen molar-refractivity contribution in [3.63, 3.8) is 0 Å². The molecule has 134 valence electrons. The third-order valence-corrected chi connectivity index (χ3v) is 3.76. The van der Waals surface area contributed by atoms with Gasteiger partial charge in [0.05, 0.1) is 17.4 Å². The van der Waals surface area contributed by atoms with Gasteiger partial charge < -0.3 is 0 Å². The summed E-state index contributed by atoms with van der Waals surface area (Å²) in [4.78, 5) is 18.5. The van der Waals surface area contributed by atoms with Gasteiger partial charge in [-0.25, -0.2) is 33.2 Å². The number of hydrogen-bond acceptors (Lipinski definition) is 7. The first-order valence-electron chi connectivity index (χ1n) is 7.11. The molecule has 10 nitrogen and oxygen atoms in total. The quantitative estimate of drug-likeness (QED) is 0.223. The molecule has 11 heteroatoms. The molecule has 0 amide bonds. The van der Waals surface area contributed by atoms with Gasteiger partial charge in [-0.2, -0.15) is 0 Å². The molecule has 0 aliphatic carbocycles. The molecule has 0 aliphatic rings. The number of nitro groups is 1. The van der Waals surface area contributed by atoms with Gasteiger partial charge >= 0.3 is 5.65 Å². The molecular weight excluding hydrogens is 368 g/mol. The van der Waals surface area contributed by atoms with Crippen molar-refractivity contribution in [2.75, 3.05) is 0 Å². The first-order chi connectivity index (χ1) is 12.1. The summed E-state index contributed by atoms with van der Waals surface area (Å²) in [5.41, 5.74) is 4.38. The van der Waals surface area contributed by atoms with E-state index in [9.17, 15) is 10.1 Å². The van der Waals surface area contributed by atoms with Crippen LogP contribution in [0.15, 0.2) is 42.5 Å². The molecule has 0 saturated carbocycles. The maximum absolute atomic E-state index is 11.0. The standard InChI is InChI=1S/C15H10N4O2.ClHO4/c1-18-13-5-3-2-4-12(13)16-14-10-8-9(19(20)21)6-7-11(10)17-15(14)18;2-1(3,4)5/h2-8H,1H3;(H,2,3,4,5). The van der Waals surface area contributed by atoms with E-state index in [0.29, 0.717) is 0 Å². The molecule has 0 radical (unpaired) electrons. The van der Waals surface area contributed by atoms with Crippen molar-refractivity contribution in [2.45, 2.75) is 0 Å². The van der Waals surface area contributed by atoms with Crippen molar-refractivity contribution in [3.05, 3.63) is 52.6 Å². The molecule has 2 aromatic carbocycles. The molecule has 0 aliphatic heterocycles. The van der Waals surface area contributed by atoms with Crippen molar-refractivity contribution in [1.29, 1.82) is 0 Å². The van der Waals surface area contributed by atoms with Crippen LogP contribution < -0.4 is 23.2 Å². The van der Waals surface area contributed by atoms with E-state index in [0.717, 1.165) is 33.1 Å². The minimum atomic E-state index is -4.94. The topological polar surface area (TPSA) is 168 Å². The van der Waals surface area contributed by atoms with Gasteiger partial charge in [0.2, 0.25) is 0 Å².